The number of nitrogens with zero attached hydrogens (tertiary/aromatic N) is 1. The van der Waals surface area contributed by atoms with E-state index in [1.807, 2.05) is 0 Å². The van der Waals surface area contributed by atoms with E-state index in [2.05, 4.69) is 32.6 Å². The van der Waals surface area contributed by atoms with Crippen molar-refractivity contribution in [3.63, 3.8) is 0 Å². The normalized spacial score (nSPS) is 28.6. The summed E-state index contributed by atoms with van der Waals surface area (Å²) in [5, 5.41) is 0. The Morgan fingerprint density at radius 1 is 1.42 bits per heavy atom. The molecule has 1 fully saturated rings. The molecule has 0 saturated heterocycles. The maximum absolute atomic E-state index is 6.52. The van der Waals surface area contributed by atoms with E-state index in [0.29, 0.717) is 23.4 Å². The molecule has 114 valence electrons. The second-order valence-electron chi connectivity index (χ2n) is 6.91. The molecular weight excluding hydrogens is 236 g/mol. The van der Waals surface area contributed by atoms with Crippen molar-refractivity contribution in [3.8, 4) is 0 Å². The third-order valence-corrected chi connectivity index (χ3v) is 5.07. The van der Waals surface area contributed by atoms with Gasteiger partial charge in [0.15, 0.2) is 0 Å². The van der Waals surface area contributed by atoms with Crippen molar-refractivity contribution in [2.24, 2.45) is 17.1 Å². The van der Waals surface area contributed by atoms with Crippen LogP contribution in [-0.2, 0) is 4.74 Å². The molecular formula is C16H34N2O. The molecule has 0 heterocycles. The monoisotopic (exact) mass is 270 g/mol. The topological polar surface area (TPSA) is 38.5 Å². The van der Waals surface area contributed by atoms with Gasteiger partial charge < -0.3 is 10.5 Å². The molecule has 3 nitrogen and oxygen atoms in total. The van der Waals surface area contributed by atoms with E-state index >= 15 is 0 Å². The lowest BCUT2D eigenvalue weighted by Gasteiger charge is -2.44. The van der Waals surface area contributed by atoms with Crippen LogP contribution in [0, 0.1) is 11.3 Å². The fourth-order valence-electron chi connectivity index (χ4n) is 3.27. The lowest BCUT2D eigenvalue weighted by Crippen LogP contribution is -2.51. The van der Waals surface area contributed by atoms with Crippen LogP contribution in [0.5, 0.6) is 0 Å². The van der Waals surface area contributed by atoms with Gasteiger partial charge in [-0.1, -0.05) is 27.2 Å². The third kappa shape index (κ3) is 4.73. The van der Waals surface area contributed by atoms with Gasteiger partial charge in [0.25, 0.3) is 0 Å². The van der Waals surface area contributed by atoms with Crippen LogP contribution in [0.2, 0.25) is 0 Å². The predicted molar refractivity (Wildman–Crippen MR) is 82.3 cm³/mol. The summed E-state index contributed by atoms with van der Waals surface area (Å²) in [7, 11) is 1.78. The van der Waals surface area contributed by atoms with Gasteiger partial charge in [-0.15, -0.1) is 0 Å². The van der Waals surface area contributed by atoms with Crippen LogP contribution < -0.4 is 5.73 Å². The van der Waals surface area contributed by atoms with E-state index in [1.165, 1.54) is 25.7 Å². The molecule has 3 heteroatoms. The SMILES string of the molecule is CCC(C)N(CCOC)CC1CCCC(C)(C)C1N. The number of ether oxygens (including phenoxy) is 1. The third-order valence-electron chi connectivity index (χ3n) is 5.07. The Morgan fingerprint density at radius 3 is 2.68 bits per heavy atom. The molecule has 3 atom stereocenters. The fourth-order valence-corrected chi connectivity index (χ4v) is 3.27. The predicted octanol–water partition coefficient (Wildman–Crippen LogP) is 2.89. The van der Waals surface area contributed by atoms with Crippen LogP contribution in [0.3, 0.4) is 0 Å². The van der Waals surface area contributed by atoms with Crippen molar-refractivity contribution in [2.45, 2.75) is 65.5 Å². The van der Waals surface area contributed by atoms with Crippen molar-refractivity contribution in [2.75, 3.05) is 26.8 Å². The van der Waals surface area contributed by atoms with Crippen molar-refractivity contribution in [1.29, 1.82) is 0 Å². The van der Waals surface area contributed by atoms with E-state index in [-0.39, 0.29) is 0 Å². The van der Waals surface area contributed by atoms with Crippen LogP contribution in [-0.4, -0.2) is 43.8 Å². The molecule has 0 aliphatic heterocycles. The Balaban J connectivity index is 2.61. The van der Waals surface area contributed by atoms with Crippen molar-refractivity contribution in [3.05, 3.63) is 0 Å². The molecule has 0 amide bonds. The Labute approximate surface area is 119 Å². The molecule has 0 bridgehead atoms. The average Bonchev–Trinajstić information content (AvgIpc) is 2.38. The minimum absolute atomic E-state index is 0.297. The highest BCUT2D eigenvalue weighted by Crippen LogP contribution is 2.38. The highest BCUT2D eigenvalue weighted by atomic mass is 16.5. The van der Waals surface area contributed by atoms with Gasteiger partial charge in [-0.3, -0.25) is 4.90 Å². The van der Waals surface area contributed by atoms with Crippen molar-refractivity contribution >= 4 is 0 Å². The number of methoxy groups -OCH3 is 1. The lowest BCUT2D eigenvalue weighted by molar-refractivity contribution is 0.0672. The number of rotatable bonds is 7. The first-order chi connectivity index (χ1) is 8.92. The zero-order valence-electron chi connectivity index (χ0n) is 13.6. The molecule has 0 aromatic carbocycles. The molecule has 0 aromatic heterocycles. The van der Waals surface area contributed by atoms with Gasteiger partial charge in [-0.2, -0.15) is 0 Å². The molecule has 0 aromatic rings. The fraction of sp³-hybridized carbons (Fsp3) is 1.00. The number of hydrogen-bond acceptors (Lipinski definition) is 3. The summed E-state index contributed by atoms with van der Waals surface area (Å²) in [6, 6.07) is 0.947. The van der Waals surface area contributed by atoms with E-state index in [9.17, 15) is 0 Å². The van der Waals surface area contributed by atoms with E-state index in [4.69, 9.17) is 10.5 Å². The summed E-state index contributed by atoms with van der Waals surface area (Å²) in [5.74, 6) is 0.634. The highest BCUT2D eigenvalue weighted by Gasteiger charge is 2.37. The molecule has 1 aliphatic carbocycles. The molecule has 3 unspecified atom stereocenters. The van der Waals surface area contributed by atoms with E-state index in [1.54, 1.807) is 7.11 Å². The second kappa shape index (κ2) is 7.61. The standard InChI is InChI=1S/C16H34N2O/c1-6-13(2)18(10-11-19-5)12-14-8-7-9-16(3,4)15(14)17/h13-15H,6-12,17H2,1-5H3. The van der Waals surface area contributed by atoms with E-state index in [0.717, 1.165) is 19.7 Å². The van der Waals surface area contributed by atoms with Gasteiger partial charge in [0.2, 0.25) is 0 Å². The Bertz CT molecular complexity index is 255. The van der Waals surface area contributed by atoms with Crippen LogP contribution in [0.15, 0.2) is 0 Å². The molecule has 1 rings (SSSR count). The summed E-state index contributed by atoms with van der Waals surface area (Å²) in [6.45, 7) is 12.2. The first kappa shape index (κ1) is 16.9. The number of hydrogen-bond donors (Lipinski definition) is 1. The summed E-state index contributed by atoms with van der Waals surface area (Å²) >= 11 is 0. The zero-order chi connectivity index (χ0) is 14.5. The molecule has 0 spiro atoms. The molecule has 1 aliphatic rings. The largest absolute Gasteiger partial charge is 0.383 e. The lowest BCUT2D eigenvalue weighted by atomic mass is 9.68. The molecule has 0 radical (unpaired) electrons. The van der Waals surface area contributed by atoms with Gasteiger partial charge in [0.05, 0.1) is 6.61 Å². The Morgan fingerprint density at radius 2 is 2.11 bits per heavy atom. The summed E-state index contributed by atoms with van der Waals surface area (Å²) in [5.41, 5.74) is 6.81. The summed E-state index contributed by atoms with van der Waals surface area (Å²) in [4.78, 5) is 2.56. The molecule has 19 heavy (non-hydrogen) atoms. The smallest absolute Gasteiger partial charge is 0.0589 e. The van der Waals surface area contributed by atoms with Crippen LogP contribution >= 0.6 is 0 Å². The summed E-state index contributed by atoms with van der Waals surface area (Å²) < 4.78 is 5.25. The van der Waals surface area contributed by atoms with Crippen LogP contribution in [0.1, 0.15) is 53.4 Å². The van der Waals surface area contributed by atoms with Gasteiger partial charge in [0.1, 0.15) is 0 Å². The quantitative estimate of drug-likeness (QED) is 0.773. The minimum atomic E-state index is 0.297. The molecule has 2 N–H and O–H groups in total. The van der Waals surface area contributed by atoms with Gasteiger partial charge in [-0.05, 0) is 37.5 Å². The van der Waals surface area contributed by atoms with Gasteiger partial charge in [-0.25, -0.2) is 0 Å². The zero-order valence-corrected chi connectivity index (χ0v) is 13.6. The Kier molecular flexibility index (Phi) is 6.78. The molecule has 1 saturated carbocycles. The summed E-state index contributed by atoms with van der Waals surface area (Å²) in [6.07, 6.45) is 5.07. The minimum Gasteiger partial charge on any atom is -0.383 e. The maximum atomic E-state index is 6.52. The van der Waals surface area contributed by atoms with E-state index < -0.39 is 0 Å². The van der Waals surface area contributed by atoms with Crippen molar-refractivity contribution in [1.82, 2.24) is 4.90 Å². The van der Waals surface area contributed by atoms with Crippen LogP contribution in [0.4, 0.5) is 0 Å². The average molecular weight is 270 g/mol. The second-order valence-corrected chi connectivity index (χ2v) is 6.91. The van der Waals surface area contributed by atoms with Gasteiger partial charge in [0, 0.05) is 32.3 Å². The van der Waals surface area contributed by atoms with Crippen molar-refractivity contribution < 1.29 is 4.74 Å². The number of nitrogens with two attached hydrogens (primary N) is 1. The maximum Gasteiger partial charge on any atom is 0.0589 e. The van der Waals surface area contributed by atoms with Gasteiger partial charge >= 0.3 is 0 Å². The first-order valence-corrected chi connectivity index (χ1v) is 7.91. The highest BCUT2D eigenvalue weighted by molar-refractivity contribution is 4.92. The van der Waals surface area contributed by atoms with Crippen LogP contribution in [0.25, 0.3) is 0 Å². The first-order valence-electron chi connectivity index (χ1n) is 7.91. The Hall–Kier alpha value is -0.120.